The Kier molecular flexibility index (Phi) is 8.43. The molecule has 0 fully saturated rings. The van der Waals surface area contributed by atoms with Gasteiger partial charge in [-0.1, -0.05) is 146 Å². The fourth-order valence-corrected chi connectivity index (χ4v) is 5.57. The number of allylic oxidation sites excluding steroid dienone is 3. The molecular weight excluding hydrogens is 518 g/mol. The highest BCUT2D eigenvalue weighted by Gasteiger charge is 2.18. The minimum absolute atomic E-state index is 1.11. The van der Waals surface area contributed by atoms with E-state index >= 15 is 0 Å². The van der Waals surface area contributed by atoms with Crippen LogP contribution in [-0.2, 0) is 0 Å². The van der Waals surface area contributed by atoms with Gasteiger partial charge in [-0.05, 0) is 83.1 Å². The van der Waals surface area contributed by atoms with Gasteiger partial charge in [-0.2, -0.15) is 0 Å². The van der Waals surface area contributed by atoms with Gasteiger partial charge in [0.2, 0.25) is 0 Å². The van der Waals surface area contributed by atoms with Crippen LogP contribution in [0, 0.1) is 0 Å². The average Bonchev–Trinajstić information content (AvgIpc) is 3.09. The third kappa shape index (κ3) is 6.27. The molecule has 0 aliphatic carbocycles. The second-order valence-electron chi connectivity index (χ2n) is 10.6. The van der Waals surface area contributed by atoms with E-state index in [1.165, 1.54) is 44.5 Å². The predicted octanol–water partition coefficient (Wildman–Crippen LogP) is 11.8. The second-order valence-corrected chi connectivity index (χ2v) is 10.6. The van der Waals surface area contributed by atoms with Crippen LogP contribution in [0.25, 0.3) is 39.0 Å². The van der Waals surface area contributed by atoms with Gasteiger partial charge >= 0.3 is 0 Å². The molecule has 0 radical (unpaired) electrons. The van der Waals surface area contributed by atoms with E-state index < -0.39 is 0 Å². The average molecular weight is 554 g/mol. The smallest absolute Gasteiger partial charge is 0.0539 e. The molecule has 0 aliphatic rings. The van der Waals surface area contributed by atoms with Crippen LogP contribution in [0.1, 0.15) is 19.4 Å². The maximum Gasteiger partial charge on any atom is 0.0539 e. The van der Waals surface area contributed by atoms with Gasteiger partial charge in [0, 0.05) is 16.9 Å². The zero-order valence-electron chi connectivity index (χ0n) is 24.7. The van der Waals surface area contributed by atoms with Crippen molar-refractivity contribution in [2.45, 2.75) is 13.8 Å². The molecule has 0 unspecified atom stereocenters. The Morgan fingerprint density at radius 3 is 1.67 bits per heavy atom. The second kappa shape index (κ2) is 13.1. The summed E-state index contributed by atoms with van der Waals surface area (Å²) in [7, 11) is 0. The lowest BCUT2D eigenvalue weighted by Gasteiger charge is -2.29. The maximum atomic E-state index is 2.39. The minimum atomic E-state index is 1.11. The lowest BCUT2D eigenvalue weighted by Crippen LogP contribution is -2.16. The van der Waals surface area contributed by atoms with Crippen molar-refractivity contribution in [2.24, 2.45) is 0 Å². The largest absolute Gasteiger partial charge is 0.310 e. The normalized spacial score (nSPS) is 11.8. The first-order chi connectivity index (χ1) is 21.2. The van der Waals surface area contributed by atoms with Crippen molar-refractivity contribution < 1.29 is 0 Å². The maximum absolute atomic E-state index is 2.39. The predicted molar refractivity (Wildman–Crippen MR) is 185 cm³/mol. The highest BCUT2D eigenvalue weighted by atomic mass is 15.1. The number of benzene rings is 6. The molecule has 1 nitrogen and oxygen atoms in total. The van der Waals surface area contributed by atoms with Crippen molar-refractivity contribution in [1.29, 1.82) is 0 Å². The van der Waals surface area contributed by atoms with E-state index in [1.807, 2.05) is 0 Å². The fraction of sp³-hybridized carbons (Fsp3) is 0.0476. The molecule has 0 spiro atoms. The highest BCUT2D eigenvalue weighted by molar-refractivity contribution is 5.87. The van der Waals surface area contributed by atoms with Gasteiger partial charge in [0.15, 0.2) is 0 Å². The van der Waals surface area contributed by atoms with E-state index in [2.05, 4.69) is 195 Å². The van der Waals surface area contributed by atoms with Crippen LogP contribution >= 0.6 is 0 Å². The van der Waals surface area contributed by atoms with Crippen LogP contribution in [0.15, 0.2) is 182 Å². The quantitative estimate of drug-likeness (QED) is 0.169. The minimum Gasteiger partial charge on any atom is -0.310 e. The zero-order valence-corrected chi connectivity index (χ0v) is 24.7. The standard InChI is InChI=1S/C42H35N/c1-3-39(29-32(2)33-17-7-4-8-18-33)43(42-28-14-13-27-41(42)35-21-11-6-12-22-35)40-26-16-25-38(31-40)37-24-15-23-36(30-37)34-19-9-5-10-20-34/h3-31H,1-2H3. The SMILES string of the molecule is CC=C(C=C(C)c1ccccc1)N(c1cccc(-c2cccc(-c3ccccc3)c2)c1)c1ccccc1-c1ccccc1. The number of para-hydroxylation sites is 1. The van der Waals surface area contributed by atoms with Gasteiger partial charge < -0.3 is 4.90 Å². The van der Waals surface area contributed by atoms with E-state index in [4.69, 9.17) is 0 Å². The summed E-state index contributed by atoms with van der Waals surface area (Å²) in [5.74, 6) is 0. The first-order valence-corrected chi connectivity index (χ1v) is 14.8. The lowest BCUT2D eigenvalue weighted by atomic mass is 9.98. The van der Waals surface area contributed by atoms with Crippen molar-refractivity contribution in [3.63, 3.8) is 0 Å². The summed E-state index contributed by atoms with van der Waals surface area (Å²) in [5.41, 5.74) is 13.0. The number of rotatable bonds is 8. The Bertz CT molecular complexity index is 1870. The van der Waals surface area contributed by atoms with Crippen molar-refractivity contribution in [3.8, 4) is 33.4 Å². The van der Waals surface area contributed by atoms with Gasteiger partial charge in [0.05, 0.1) is 5.69 Å². The zero-order chi connectivity index (χ0) is 29.4. The Labute approximate surface area is 255 Å². The van der Waals surface area contributed by atoms with E-state index in [-0.39, 0.29) is 0 Å². The molecule has 43 heavy (non-hydrogen) atoms. The molecule has 0 saturated carbocycles. The first kappa shape index (κ1) is 27.8. The van der Waals surface area contributed by atoms with E-state index in [1.54, 1.807) is 0 Å². The van der Waals surface area contributed by atoms with Crippen LogP contribution < -0.4 is 4.90 Å². The monoisotopic (exact) mass is 553 g/mol. The molecule has 6 rings (SSSR count). The van der Waals surface area contributed by atoms with Gasteiger partial charge in [0.25, 0.3) is 0 Å². The first-order valence-electron chi connectivity index (χ1n) is 14.8. The molecule has 0 aliphatic heterocycles. The van der Waals surface area contributed by atoms with Crippen molar-refractivity contribution in [1.82, 2.24) is 0 Å². The van der Waals surface area contributed by atoms with Gasteiger partial charge in [-0.25, -0.2) is 0 Å². The molecule has 6 aromatic rings. The Hall–Kier alpha value is -5.40. The van der Waals surface area contributed by atoms with Gasteiger partial charge in [-0.3, -0.25) is 0 Å². The summed E-state index contributed by atoms with van der Waals surface area (Å²) in [6, 6.07) is 58.2. The summed E-state index contributed by atoms with van der Waals surface area (Å²) >= 11 is 0. The molecule has 0 heterocycles. The highest BCUT2D eigenvalue weighted by Crippen LogP contribution is 2.40. The Balaban J connectivity index is 1.50. The third-order valence-corrected chi connectivity index (χ3v) is 7.78. The molecule has 0 aromatic heterocycles. The van der Waals surface area contributed by atoms with E-state index in [0.717, 1.165) is 17.1 Å². The number of hydrogen-bond donors (Lipinski definition) is 0. The lowest BCUT2D eigenvalue weighted by molar-refractivity contribution is 1.20. The summed E-state index contributed by atoms with van der Waals surface area (Å²) < 4.78 is 0. The van der Waals surface area contributed by atoms with Crippen LogP contribution in [0.3, 0.4) is 0 Å². The third-order valence-electron chi connectivity index (χ3n) is 7.78. The van der Waals surface area contributed by atoms with Gasteiger partial charge in [-0.15, -0.1) is 0 Å². The molecule has 0 amide bonds. The summed E-state index contributed by atoms with van der Waals surface area (Å²) in [6.07, 6.45) is 4.50. The number of anilines is 2. The number of hydrogen-bond acceptors (Lipinski definition) is 1. The van der Waals surface area contributed by atoms with Gasteiger partial charge in [0.1, 0.15) is 0 Å². The summed E-state index contributed by atoms with van der Waals surface area (Å²) in [4.78, 5) is 2.39. The van der Waals surface area contributed by atoms with Crippen molar-refractivity contribution in [2.75, 3.05) is 4.90 Å². The van der Waals surface area contributed by atoms with E-state index in [9.17, 15) is 0 Å². The van der Waals surface area contributed by atoms with Crippen LogP contribution in [0.4, 0.5) is 11.4 Å². The van der Waals surface area contributed by atoms with Crippen molar-refractivity contribution in [3.05, 3.63) is 187 Å². The summed E-state index contributed by atoms with van der Waals surface area (Å²) in [5, 5.41) is 0. The Morgan fingerprint density at radius 1 is 0.488 bits per heavy atom. The van der Waals surface area contributed by atoms with Crippen LogP contribution in [-0.4, -0.2) is 0 Å². The topological polar surface area (TPSA) is 3.24 Å². The molecule has 6 aromatic carbocycles. The van der Waals surface area contributed by atoms with Crippen LogP contribution in [0.2, 0.25) is 0 Å². The molecule has 0 N–H and O–H groups in total. The Morgan fingerprint density at radius 2 is 1.00 bits per heavy atom. The van der Waals surface area contributed by atoms with Crippen LogP contribution in [0.5, 0.6) is 0 Å². The fourth-order valence-electron chi connectivity index (χ4n) is 5.57. The molecule has 0 saturated heterocycles. The summed E-state index contributed by atoms with van der Waals surface area (Å²) in [6.45, 7) is 4.31. The van der Waals surface area contributed by atoms with Crippen molar-refractivity contribution >= 4 is 16.9 Å². The molecule has 0 atom stereocenters. The number of nitrogens with zero attached hydrogens (tertiary/aromatic N) is 1. The molecule has 1 heteroatoms. The molecular formula is C42H35N. The molecule has 208 valence electrons. The molecule has 0 bridgehead atoms. The van der Waals surface area contributed by atoms with E-state index in [0.29, 0.717) is 0 Å².